The molecule has 0 fully saturated rings. The standard InChI is InChI=1S/C16H13NO4S/c1-21-14-4-2-11(3-5-14)12-8-13-10-17-7-6-15(13)16(9-12)22(18,19)20/h2-10H,1H3,(H,18,19,20). The Morgan fingerprint density at radius 1 is 1.05 bits per heavy atom. The predicted molar refractivity (Wildman–Crippen MR) is 83.5 cm³/mol. The van der Waals surface area contributed by atoms with Crippen LogP contribution in [0.4, 0.5) is 0 Å². The van der Waals surface area contributed by atoms with Crippen LogP contribution in [0.25, 0.3) is 21.9 Å². The monoisotopic (exact) mass is 315 g/mol. The van der Waals surface area contributed by atoms with Gasteiger partial charge in [-0.3, -0.25) is 9.54 Å². The van der Waals surface area contributed by atoms with E-state index in [9.17, 15) is 13.0 Å². The lowest BCUT2D eigenvalue weighted by Crippen LogP contribution is -2.00. The van der Waals surface area contributed by atoms with Crippen LogP contribution < -0.4 is 4.74 Å². The maximum atomic E-state index is 11.6. The van der Waals surface area contributed by atoms with Gasteiger partial charge in [0.1, 0.15) is 10.6 Å². The van der Waals surface area contributed by atoms with Gasteiger partial charge in [-0.1, -0.05) is 12.1 Å². The average molecular weight is 315 g/mol. The van der Waals surface area contributed by atoms with Crippen molar-refractivity contribution in [3.63, 3.8) is 0 Å². The summed E-state index contributed by atoms with van der Waals surface area (Å²) >= 11 is 0. The van der Waals surface area contributed by atoms with Crippen LogP contribution in [0, 0.1) is 0 Å². The fourth-order valence-electron chi connectivity index (χ4n) is 2.34. The van der Waals surface area contributed by atoms with Crippen molar-refractivity contribution >= 4 is 20.9 Å². The summed E-state index contributed by atoms with van der Waals surface area (Å²) in [4.78, 5) is 3.88. The minimum atomic E-state index is -4.33. The highest BCUT2D eigenvalue weighted by Gasteiger charge is 2.16. The minimum Gasteiger partial charge on any atom is -0.497 e. The molecule has 0 aliphatic heterocycles. The van der Waals surface area contributed by atoms with Crippen LogP contribution >= 0.6 is 0 Å². The molecule has 0 aliphatic rings. The molecule has 5 nitrogen and oxygen atoms in total. The van der Waals surface area contributed by atoms with Gasteiger partial charge in [0.2, 0.25) is 0 Å². The zero-order valence-electron chi connectivity index (χ0n) is 11.7. The Balaban J connectivity index is 2.26. The summed E-state index contributed by atoms with van der Waals surface area (Å²) in [5.41, 5.74) is 1.49. The molecule has 0 bridgehead atoms. The third kappa shape index (κ3) is 2.66. The molecule has 0 radical (unpaired) electrons. The summed E-state index contributed by atoms with van der Waals surface area (Å²) in [6.07, 6.45) is 3.06. The maximum Gasteiger partial charge on any atom is 0.295 e. The molecule has 0 atom stereocenters. The van der Waals surface area contributed by atoms with Crippen molar-refractivity contribution in [3.8, 4) is 16.9 Å². The van der Waals surface area contributed by atoms with E-state index in [0.29, 0.717) is 22.1 Å². The number of benzene rings is 2. The second-order valence-electron chi connectivity index (χ2n) is 4.77. The number of pyridine rings is 1. The second-order valence-corrected chi connectivity index (χ2v) is 6.16. The summed E-state index contributed by atoms with van der Waals surface area (Å²) in [6, 6.07) is 12.1. The van der Waals surface area contributed by atoms with E-state index in [1.54, 1.807) is 31.5 Å². The van der Waals surface area contributed by atoms with Gasteiger partial charge in [-0.05, 0) is 41.5 Å². The summed E-state index contributed by atoms with van der Waals surface area (Å²) in [6.45, 7) is 0. The Labute approximate surface area is 127 Å². The molecule has 1 heterocycles. The van der Waals surface area contributed by atoms with Gasteiger partial charge in [-0.2, -0.15) is 8.42 Å². The number of aromatic nitrogens is 1. The summed E-state index contributed by atoms with van der Waals surface area (Å²) in [7, 11) is -2.75. The molecule has 0 amide bonds. The predicted octanol–water partition coefficient (Wildman–Crippen LogP) is 3.16. The Hall–Kier alpha value is -2.44. The van der Waals surface area contributed by atoms with E-state index >= 15 is 0 Å². The molecule has 22 heavy (non-hydrogen) atoms. The van der Waals surface area contributed by atoms with Crippen LogP contribution in [0.3, 0.4) is 0 Å². The number of ether oxygens (including phenoxy) is 1. The zero-order chi connectivity index (χ0) is 15.7. The van der Waals surface area contributed by atoms with Gasteiger partial charge in [-0.25, -0.2) is 0 Å². The Morgan fingerprint density at radius 3 is 2.41 bits per heavy atom. The lowest BCUT2D eigenvalue weighted by atomic mass is 10.0. The highest BCUT2D eigenvalue weighted by atomic mass is 32.2. The van der Waals surface area contributed by atoms with Crippen LogP contribution in [0.15, 0.2) is 59.8 Å². The third-order valence-electron chi connectivity index (χ3n) is 3.42. The third-order valence-corrected chi connectivity index (χ3v) is 4.31. The van der Waals surface area contributed by atoms with Gasteiger partial charge in [0.15, 0.2) is 0 Å². The number of hydrogen-bond acceptors (Lipinski definition) is 4. The van der Waals surface area contributed by atoms with Crippen LogP contribution in [-0.2, 0) is 10.1 Å². The molecule has 0 saturated heterocycles. The first-order valence-electron chi connectivity index (χ1n) is 6.49. The summed E-state index contributed by atoms with van der Waals surface area (Å²) in [5, 5.41) is 1.08. The number of nitrogens with zero attached hydrogens (tertiary/aromatic N) is 1. The van der Waals surface area contributed by atoms with Crippen LogP contribution in [0.5, 0.6) is 5.75 Å². The Kier molecular flexibility index (Phi) is 3.56. The van der Waals surface area contributed by atoms with Gasteiger partial charge in [0, 0.05) is 23.2 Å². The molecule has 0 unspecified atom stereocenters. The zero-order valence-corrected chi connectivity index (χ0v) is 12.5. The van der Waals surface area contributed by atoms with Crippen molar-refractivity contribution in [2.24, 2.45) is 0 Å². The van der Waals surface area contributed by atoms with Crippen LogP contribution in [-0.4, -0.2) is 25.1 Å². The first kappa shape index (κ1) is 14.5. The minimum absolute atomic E-state index is 0.127. The van der Waals surface area contributed by atoms with E-state index in [4.69, 9.17) is 4.74 Å². The molecule has 1 N–H and O–H groups in total. The average Bonchev–Trinajstić information content (AvgIpc) is 2.53. The smallest absolute Gasteiger partial charge is 0.295 e. The number of fused-ring (bicyclic) bond motifs is 1. The normalized spacial score (nSPS) is 11.5. The van der Waals surface area contributed by atoms with Gasteiger partial charge in [-0.15, -0.1) is 0 Å². The molecule has 6 heteroatoms. The van der Waals surface area contributed by atoms with Crippen molar-refractivity contribution in [3.05, 3.63) is 54.9 Å². The lowest BCUT2D eigenvalue weighted by molar-refractivity contribution is 0.415. The molecule has 3 aromatic rings. The molecule has 3 rings (SSSR count). The SMILES string of the molecule is COc1ccc(-c2cc(S(=O)(=O)O)c3ccncc3c2)cc1. The van der Waals surface area contributed by atoms with Gasteiger partial charge in [0.25, 0.3) is 10.1 Å². The second kappa shape index (κ2) is 5.40. The molecule has 2 aromatic carbocycles. The Morgan fingerprint density at radius 2 is 1.77 bits per heavy atom. The lowest BCUT2D eigenvalue weighted by Gasteiger charge is -2.09. The van der Waals surface area contributed by atoms with E-state index in [1.165, 1.54) is 12.3 Å². The number of hydrogen-bond donors (Lipinski definition) is 1. The van der Waals surface area contributed by atoms with Gasteiger partial charge < -0.3 is 4.74 Å². The van der Waals surface area contributed by atoms with E-state index in [-0.39, 0.29) is 4.90 Å². The van der Waals surface area contributed by atoms with Crippen molar-refractivity contribution in [1.29, 1.82) is 0 Å². The highest BCUT2D eigenvalue weighted by molar-refractivity contribution is 7.86. The fourth-order valence-corrected chi connectivity index (χ4v) is 3.08. The van der Waals surface area contributed by atoms with E-state index in [0.717, 1.165) is 5.56 Å². The maximum absolute atomic E-state index is 11.6. The van der Waals surface area contributed by atoms with E-state index in [1.807, 2.05) is 18.2 Å². The molecule has 112 valence electrons. The molecule has 0 spiro atoms. The van der Waals surface area contributed by atoms with E-state index in [2.05, 4.69) is 4.98 Å². The highest BCUT2D eigenvalue weighted by Crippen LogP contribution is 2.30. The van der Waals surface area contributed by atoms with Gasteiger partial charge in [0.05, 0.1) is 7.11 Å². The van der Waals surface area contributed by atoms with Gasteiger partial charge >= 0.3 is 0 Å². The van der Waals surface area contributed by atoms with Crippen LogP contribution in [0.2, 0.25) is 0 Å². The molecular formula is C16H13NO4S. The molecule has 0 aliphatic carbocycles. The fraction of sp³-hybridized carbons (Fsp3) is 0.0625. The Bertz CT molecular complexity index is 934. The quantitative estimate of drug-likeness (QED) is 0.751. The molecule has 1 aromatic heterocycles. The number of methoxy groups -OCH3 is 1. The number of rotatable bonds is 3. The van der Waals surface area contributed by atoms with Crippen molar-refractivity contribution in [1.82, 2.24) is 4.98 Å². The van der Waals surface area contributed by atoms with Crippen molar-refractivity contribution in [2.45, 2.75) is 4.90 Å². The van der Waals surface area contributed by atoms with Crippen LogP contribution in [0.1, 0.15) is 0 Å². The first-order chi connectivity index (χ1) is 10.5. The molecule has 0 saturated carbocycles. The summed E-state index contributed by atoms with van der Waals surface area (Å²) in [5.74, 6) is 0.709. The largest absolute Gasteiger partial charge is 0.497 e. The van der Waals surface area contributed by atoms with E-state index < -0.39 is 10.1 Å². The summed E-state index contributed by atoms with van der Waals surface area (Å²) < 4.78 is 37.9. The van der Waals surface area contributed by atoms with Crippen molar-refractivity contribution in [2.75, 3.05) is 7.11 Å². The topological polar surface area (TPSA) is 76.5 Å². The molecular weight excluding hydrogens is 302 g/mol. The first-order valence-corrected chi connectivity index (χ1v) is 7.93. The van der Waals surface area contributed by atoms with Crippen molar-refractivity contribution < 1.29 is 17.7 Å².